The van der Waals surface area contributed by atoms with Crippen molar-refractivity contribution < 1.29 is 4.92 Å². The van der Waals surface area contributed by atoms with E-state index in [-0.39, 0.29) is 21.7 Å². The van der Waals surface area contributed by atoms with Gasteiger partial charge in [-0.05, 0) is 55.9 Å². The minimum Gasteiger partial charge on any atom is -0.332 e. The molecule has 0 saturated heterocycles. The van der Waals surface area contributed by atoms with Gasteiger partial charge in [0.2, 0.25) is 10.2 Å². The van der Waals surface area contributed by atoms with E-state index in [9.17, 15) is 14.9 Å². The first-order chi connectivity index (χ1) is 14.9. The summed E-state index contributed by atoms with van der Waals surface area (Å²) in [4.78, 5) is 28.0. The van der Waals surface area contributed by atoms with Crippen LogP contribution in [0.15, 0.2) is 52.5 Å². The van der Waals surface area contributed by atoms with Crippen LogP contribution in [0.2, 0.25) is 0 Å². The van der Waals surface area contributed by atoms with Gasteiger partial charge in [0.1, 0.15) is 5.65 Å². The fourth-order valence-electron chi connectivity index (χ4n) is 3.14. The second kappa shape index (κ2) is 8.03. The molecule has 10 nitrogen and oxygen atoms in total. The molecule has 0 radical (unpaired) electrons. The minimum atomic E-state index is -0.472. The van der Waals surface area contributed by atoms with Crippen LogP contribution in [0, 0.1) is 21.8 Å². The zero-order valence-corrected chi connectivity index (χ0v) is 17.5. The standard InChI is InChI=1S/C20H17N7O3S/c1-3-25-11-16(17(28)15-9-4-12(2)22-18(15)25)19-23-24-20(31)26(19)21-10-13-5-7-14(8-6-13)27(29)30/h4-11H,3H2,1-2H3,(H,24,31)/b21-10+. The molecule has 3 aromatic heterocycles. The summed E-state index contributed by atoms with van der Waals surface area (Å²) in [6.07, 6.45) is 3.18. The Morgan fingerprint density at radius 3 is 2.68 bits per heavy atom. The van der Waals surface area contributed by atoms with Crippen molar-refractivity contribution in [3.63, 3.8) is 0 Å². The van der Waals surface area contributed by atoms with Crippen LogP contribution in [-0.2, 0) is 6.54 Å². The number of hydrogen-bond acceptors (Lipinski definition) is 7. The number of nitro groups is 1. The average Bonchev–Trinajstić information content (AvgIpc) is 3.13. The van der Waals surface area contributed by atoms with E-state index in [4.69, 9.17) is 12.2 Å². The molecular weight excluding hydrogens is 418 g/mol. The number of hydrogen-bond donors (Lipinski definition) is 1. The van der Waals surface area contributed by atoms with Crippen molar-refractivity contribution in [1.82, 2.24) is 24.4 Å². The topological polar surface area (TPSA) is 124 Å². The van der Waals surface area contributed by atoms with Crippen molar-refractivity contribution in [2.45, 2.75) is 20.4 Å². The summed E-state index contributed by atoms with van der Waals surface area (Å²) in [6.45, 7) is 4.44. The van der Waals surface area contributed by atoms with Crippen LogP contribution in [0.25, 0.3) is 22.4 Å². The van der Waals surface area contributed by atoms with E-state index >= 15 is 0 Å². The maximum atomic E-state index is 13.2. The number of benzene rings is 1. The summed E-state index contributed by atoms with van der Waals surface area (Å²) in [5, 5.41) is 22.5. The first kappa shape index (κ1) is 20.3. The van der Waals surface area contributed by atoms with Crippen molar-refractivity contribution in [2.75, 3.05) is 0 Å². The number of aryl methyl sites for hydroxylation is 2. The van der Waals surface area contributed by atoms with Crippen LogP contribution in [0.4, 0.5) is 5.69 Å². The molecule has 0 aliphatic carbocycles. The smallest absolute Gasteiger partial charge is 0.269 e. The highest BCUT2D eigenvalue weighted by Gasteiger charge is 2.17. The van der Waals surface area contributed by atoms with E-state index in [2.05, 4.69) is 20.3 Å². The molecule has 0 spiro atoms. The lowest BCUT2D eigenvalue weighted by molar-refractivity contribution is -0.384. The Morgan fingerprint density at radius 1 is 1.26 bits per heavy atom. The van der Waals surface area contributed by atoms with Crippen molar-refractivity contribution in [3.05, 3.63) is 79.0 Å². The van der Waals surface area contributed by atoms with E-state index in [0.29, 0.717) is 28.7 Å². The summed E-state index contributed by atoms with van der Waals surface area (Å²) in [5.74, 6) is 0.262. The fraction of sp³-hybridized carbons (Fsp3) is 0.150. The molecule has 0 fully saturated rings. The SMILES string of the molecule is CCn1cc(-c2n[nH]c(=S)n2/N=C/c2ccc([N+](=O)[O-])cc2)c(=O)c2ccc(C)nc21. The van der Waals surface area contributed by atoms with Gasteiger partial charge in [-0.1, -0.05) is 0 Å². The molecule has 0 bridgehead atoms. The molecule has 0 aliphatic heterocycles. The molecule has 0 unspecified atom stereocenters. The van der Waals surface area contributed by atoms with Gasteiger partial charge in [0.25, 0.3) is 5.69 Å². The zero-order valence-electron chi connectivity index (χ0n) is 16.6. The number of fused-ring (bicyclic) bond motifs is 1. The Labute approximate surface area is 180 Å². The quantitative estimate of drug-likeness (QED) is 0.222. The van der Waals surface area contributed by atoms with Gasteiger partial charge in [0, 0.05) is 30.6 Å². The van der Waals surface area contributed by atoms with Crippen LogP contribution in [-0.4, -0.2) is 35.6 Å². The Bertz CT molecular complexity index is 1450. The van der Waals surface area contributed by atoms with E-state index < -0.39 is 4.92 Å². The number of rotatable bonds is 5. The second-order valence-corrected chi connectivity index (χ2v) is 7.13. The molecule has 1 N–H and O–H groups in total. The van der Waals surface area contributed by atoms with E-state index in [1.807, 2.05) is 18.4 Å². The number of nitro benzene ring substituents is 1. The fourth-order valence-corrected chi connectivity index (χ4v) is 3.32. The molecule has 0 aliphatic rings. The maximum Gasteiger partial charge on any atom is 0.269 e. The van der Waals surface area contributed by atoms with Crippen LogP contribution >= 0.6 is 12.2 Å². The number of H-pyrrole nitrogens is 1. The van der Waals surface area contributed by atoms with Crippen molar-refractivity contribution in [2.24, 2.45) is 5.10 Å². The van der Waals surface area contributed by atoms with Crippen LogP contribution in [0.5, 0.6) is 0 Å². The highest BCUT2D eigenvalue weighted by molar-refractivity contribution is 7.71. The van der Waals surface area contributed by atoms with Crippen molar-refractivity contribution in [3.8, 4) is 11.4 Å². The number of aromatic amines is 1. The lowest BCUT2D eigenvalue weighted by atomic mass is 10.1. The van der Waals surface area contributed by atoms with Gasteiger partial charge >= 0.3 is 0 Å². The molecule has 156 valence electrons. The van der Waals surface area contributed by atoms with E-state index in [1.165, 1.54) is 23.0 Å². The molecule has 1 aromatic carbocycles. The van der Waals surface area contributed by atoms with E-state index in [0.717, 1.165) is 5.69 Å². The predicted molar refractivity (Wildman–Crippen MR) is 119 cm³/mol. The Kier molecular flexibility index (Phi) is 5.26. The number of non-ortho nitro benzene ring substituents is 1. The number of nitrogens with one attached hydrogen (secondary N) is 1. The molecule has 0 amide bonds. The number of aromatic nitrogens is 5. The first-order valence-electron chi connectivity index (χ1n) is 9.36. The molecule has 0 saturated carbocycles. The van der Waals surface area contributed by atoms with Gasteiger partial charge in [-0.2, -0.15) is 14.9 Å². The highest BCUT2D eigenvalue weighted by atomic mass is 32.1. The van der Waals surface area contributed by atoms with Crippen molar-refractivity contribution in [1.29, 1.82) is 0 Å². The third-order valence-corrected chi connectivity index (χ3v) is 4.98. The van der Waals surface area contributed by atoms with Gasteiger partial charge in [-0.15, -0.1) is 0 Å². The Morgan fingerprint density at radius 2 is 2.00 bits per heavy atom. The second-order valence-electron chi connectivity index (χ2n) is 6.74. The van der Waals surface area contributed by atoms with Crippen LogP contribution < -0.4 is 5.43 Å². The largest absolute Gasteiger partial charge is 0.332 e. The van der Waals surface area contributed by atoms with Gasteiger partial charge in [0.05, 0.1) is 22.1 Å². The van der Waals surface area contributed by atoms with Crippen LogP contribution in [0.3, 0.4) is 0 Å². The maximum absolute atomic E-state index is 13.2. The average molecular weight is 435 g/mol. The molecule has 31 heavy (non-hydrogen) atoms. The summed E-state index contributed by atoms with van der Waals surface area (Å²) in [7, 11) is 0. The van der Waals surface area contributed by atoms with Gasteiger partial charge < -0.3 is 4.57 Å². The van der Waals surface area contributed by atoms with E-state index in [1.54, 1.807) is 30.5 Å². The Balaban J connectivity index is 1.82. The highest BCUT2D eigenvalue weighted by Crippen LogP contribution is 2.19. The lowest BCUT2D eigenvalue weighted by Crippen LogP contribution is -2.15. The number of nitrogens with zero attached hydrogens (tertiary/aromatic N) is 6. The minimum absolute atomic E-state index is 0.0158. The summed E-state index contributed by atoms with van der Waals surface area (Å²) < 4.78 is 3.43. The molecule has 4 aromatic rings. The van der Waals surface area contributed by atoms with Gasteiger partial charge in [-0.25, -0.2) is 10.1 Å². The monoisotopic (exact) mass is 435 g/mol. The summed E-state index contributed by atoms with van der Waals surface area (Å²) in [6, 6.07) is 9.45. The zero-order chi connectivity index (χ0) is 22.1. The third-order valence-electron chi connectivity index (χ3n) is 4.72. The molecule has 11 heteroatoms. The third kappa shape index (κ3) is 3.78. The molecule has 4 rings (SSSR count). The van der Waals surface area contributed by atoms with Crippen molar-refractivity contribution >= 4 is 35.2 Å². The first-order valence-corrected chi connectivity index (χ1v) is 9.77. The number of pyridine rings is 2. The molecule has 0 atom stereocenters. The van der Waals surface area contributed by atoms with Gasteiger partial charge in [0.15, 0.2) is 5.82 Å². The van der Waals surface area contributed by atoms with Gasteiger partial charge in [-0.3, -0.25) is 14.9 Å². The normalized spacial score (nSPS) is 11.4. The summed E-state index contributed by atoms with van der Waals surface area (Å²) >= 11 is 5.28. The summed E-state index contributed by atoms with van der Waals surface area (Å²) in [5.41, 5.74) is 2.13. The molecule has 3 heterocycles. The lowest BCUT2D eigenvalue weighted by Gasteiger charge is -2.11. The predicted octanol–water partition coefficient (Wildman–Crippen LogP) is 3.44. The molecular formula is C20H17N7O3S. The Hall–Kier alpha value is -3.99. The van der Waals surface area contributed by atoms with Crippen LogP contribution in [0.1, 0.15) is 18.2 Å².